The van der Waals surface area contributed by atoms with Gasteiger partial charge in [0.15, 0.2) is 0 Å². The highest BCUT2D eigenvalue weighted by Gasteiger charge is 2.37. The Hall–Kier alpha value is -2.44. The van der Waals surface area contributed by atoms with Crippen LogP contribution in [0.5, 0.6) is 0 Å². The number of likely N-dealkylation sites (tertiary alicyclic amines) is 1. The Labute approximate surface area is 134 Å². The molecule has 7 nitrogen and oxygen atoms in total. The van der Waals surface area contributed by atoms with Crippen molar-refractivity contribution >= 4 is 23.6 Å². The van der Waals surface area contributed by atoms with Crippen LogP contribution >= 0.6 is 0 Å². The van der Waals surface area contributed by atoms with E-state index in [0.29, 0.717) is 16.8 Å². The largest absolute Gasteiger partial charge is 0.462 e. The minimum atomic E-state index is -0.899. The van der Waals surface area contributed by atoms with E-state index in [0.717, 1.165) is 4.90 Å². The lowest BCUT2D eigenvalue weighted by Gasteiger charge is -2.21. The number of esters is 1. The number of rotatable bonds is 5. The maximum Gasteiger partial charge on any atom is 0.340 e. The molecular formula is C16H20N2O5. The molecule has 0 radical (unpaired) electrons. The summed E-state index contributed by atoms with van der Waals surface area (Å²) in [6.45, 7) is 6.77. The number of Topliss-reactive ketones (excluding diaryl/α,β-unsaturated/α-hetero) is 1. The molecule has 2 rings (SSSR count). The van der Waals surface area contributed by atoms with E-state index in [9.17, 15) is 19.2 Å². The first-order chi connectivity index (χ1) is 10.8. The van der Waals surface area contributed by atoms with Gasteiger partial charge in [-0.15, -0.1) is 0 Å². The molecule has 1 aliphatic heterocycles. The number of carbonyl (C=O) groups is 4. The molecule has 0 spiro atoms. The van der Waals surface area contributed by atoms with Crippen molar-refractivity contribution in [1.29, 1.82) is 0 Å². The summed E-state index contributed by atoms with van der Waals surface area (Å²) >= 11 is 0. The van der Waals surface area contributed by atoms with Gasteiger partial charge < -0.3 is 9.72 Å². The fourth-order valence-electron chi connectivity index (χ4n) is 2.86. The van der Waals surface area contributed by atoms with E-state index < -0.39 is 17.8 Å². The van der Waals surface area contributed by atoms with Gasteiger partial charge in [-0.25, -0.2) is 4.79 Å². The second-order valence-electron chi connectivity index (χ2n) is 5.54. The molecule has 124 valence electrons. The van der Waals surface area contributed by atoms with Gasteiger partial charge in [-0.05, 0) is 33.3 Å². The first kappa shape index (κ1) is 16.9. The second-order valence-corrected chi connectivity index (χ2v) is 5.54. The van der Waals surface area contributed by atoms with E-state index in [-0.39, 0.29) is 37.0 Å². The third-order valence-electron chi connectivity index (χ3n) is 4.02. The summed E-state index contributed by atoms with van der Waals surface area (Å²) in [6.07, 6.45) is 0.264. The number of H-pyrrole nitrogens is 1. The van der Waals surface area contributed by atoms with Crippen molar-refractivity contribution in [2.24, 2.45) is 0 Å². The van der Waals surface area contributed by atoms with E-state index in [2.05, 4.69) is 4.98 Å². The Morgan fingerprint density at radius 3 is 2.30 bits per heavy atom. The maximum absolute atomic E-state index is 12.7. The topological polar surface area (TPSA) is 96.5 Å². The van der Waals surface area contributed by atoms with Gasteiger partial charge in [0.05, 0.1) is 17.9 Å². The molecule has 1 fully saturated rings. The normalized spacial score (nSPS) is 15.9. The average molecular weight is 320 g/mol. The average Bonchev–Trinajstić information content (AvgIpc) is 2.97. The van der Waals surface area contributed by atoms with Gasteiger partial charge in [0.2, 0.25) is 17.6 Å². The van der Waals surface area contributed by atoms with Crippen LogP contribution in [0.4, 0.5) is 0 Å². The number of ketones is 1. The number of hydrogen-bond donors (Lipinski definition) is 1. The van der Waals surface area contributed by atoms with Gasteiger partial charge in [0.25, 0.3) is 0 Å². The number of aromatic amines is 1. The molecule has 7 heteroatoms. The number of nitrogens with one attached hydrogen (secondary N) is 1. The molecule has 0 aromatic carbocycles. The zero-order chi connectivity index (χ0) is 17.3. The fraction of sp³-hybridized carbons (Fsp3) is 0.500. The van der Waals surface area contributed by atoms with Crippen LogP contribution in [-0.4, -0.2) is 46.1 Å². The van der Waals surface area contributed by atoms with Crippen LogP contribution < -0.4 is 0 Å². The van der Waals surface area contributed by atoms with Crippen molar-refractivity contribution in [3.63, 3.8) is 0 Å². The van der Waals surface area contributed by atoms with Gasteiger partial charge in [0, 0.05) is 18.5 Å². The summed E-state index contributed by atoms with van der Waals surface area (Å²) in [6, 6.07) is -0.899. The molecule has 0 saturated carbocycles. The summed E-state index contributed by atoms with van der Waals surface area (Å²) in [7, 11) is 0. The van der Waals surface area contributed by atoms with Gasteiger partial charge in [-0.2, -0.15) is 0 Å². The Balaban J connectivity index is 2.33. The third-order valence-corrected chi connectivity index (χ3v) is 4.02. The lowest BCUT2D eigenvalue weighted by atomic mass is 10.0. The molecule has 2 amide bonds. The summed E-state index contributed by atoms with van der Waals surface area (Å²) < 4.78 is 4.99. The molecule has 1 aliphatic rings. The lowest BCUT2D eigenvalue weighted by molar-refractivity contribution is -0.139. The number of nitrogens with zero attached hydrogens (tertiary/aromatic N) is 1. The van der Waals surface area contributed by atoms with Crippen LogP contribution in [0.1, 0.15) is 58.8 Å². The molecule has 2 heterocycles. The van der Waals surface area contributed by atoms with Crippen molar-refractivity contribution in [2.45, 2.75) is 46.6 Å². The zero-order valence-electron chi connectivity index (χ0n) is 13.7. The number of aryl methyl sites for hydroxylation is 1. The van der Waals surface area contributed by atoms with Gasteiger partial charge >= 0.3 is 5.97 Å². The van der Waals surface area contributed by atoms with E-state index in [1.54, 1.807) is 20.8 Å². The van der Waals surface area contributed by atoms with Crippen molar-refractivity contribution in [3.8, 4) is 0 Å². The van der Waals surface area contributed by atoms with Crippen LogP contribution in [-0.2, 0) is 14.3 Å². The Morgan fingerprint density at radius 1 is 1.22 bits per heavy atom. The minimum Gasteiger partial charge on any atom is -0.462 e. The summed E-state index contributed by atoms with van der Waals surface area (Å²) in [5.41, 5.74) is 1.54. The first-order valence-corrected chi connectivity index (χ1v) is 7.54. The molecule has 1 aromatic heterocycles. The van der Waals surface area contributed by atoms with Crippen LogP contribution in [0.2, 0.25) is 0 Å². The number of amides is 2. The first-order valence-electron chi connectivity index (χ1n) is 7.54. The number of ether oxygens (including phenoxy) is 1. The molecule has 1 atom stereocenters. The molecule has 0 aliphatic carbocycles. The quantitative estimate of drug-likeness (QED) is 0.504. The summed E-state index contributed by atoms with van der Waals surface area (Å²) in [4.78, 5) is 52.1. The highest BCUT2D eigenvalue weighted by Crippen LogP contribution is 2.23. The van der Waals surface area contributed by atoms with Crippen molar-refractivity contribution < 1.29 is 23.9 Å². The highest BCUT2D eigenvalue weighted by molar-refractivity contribution is 6.10. The standard InChI is InChI=1S/C16H20N2O5/c1-5-23-16(22)13-8(2)14(17-9(13)3)15(21)10(4)18-11(19)6-7-12(18)20/h10,17H,5-7H2,1-4H3. The van der Waals surface area contributed by atoms with E-state index >= 15 is 0 Å². The summed E-state index contributed by atoms with van der Waals surface area (Å²) in [5, 5.41) is 0. The van der Waals surface area contributed by atoms with E-state index in [1.165, 1.54) is 6.92 Å². The number of imide groups is 1. The van der Waals surface area contributed by atoms with Gasteiger partial charge in [-0.1, -0.05) is 0 Å². The van der Waals surface area contributed by atoms with Gasteiger partial charge in [0.1, 0.15) is 6.04 Å². The highest BCUT2D eigenvalue weighted by atomic mass is 16.5. The molecule has 1 saturated heterocycles. The predicted octanol–water partition coefficient (Wildman–Crippen LogP) is 1.53. The smallest absolute Gasteiger partial charge is 0.340 e. The minimum absolute atomic E-state index is 0.132. The van der Waals surface area contributed by atoms with Crippen molar-refractivity contribution in [2.75, 3.05) is 6.61 Å². The predicted molar refractivity (Wildman–Crippen MR) is 81.1 cm³/mol. The van der Waals surface area contributed by atoms with Crippen molar-refractivity contribution in [1.82, 2.24) is 9.88 Å². The molecule has 1 N–H and O–H groups in total. The molecule has 0 bridgehead atoms. The van der Waals surface area contributed by atoms with E-state index in [1.807, 2.05) is 0 Å². The Kier molecular flexibility index (Phi) is 4.68. The van der Waals surface area contributed by atoms with Crippen LogP contribution in [0.3, 0.4) is 0 Å². The SMILES string of the molecule is CCOC(=O)c1c(C)[nH]c(C(=O)C(C)N2C(=O)CCC2=O)c1C. The molecule has 23 heavy (non-hydrogen) atoms. The maximum atomic E-state index is 12.7. The zero-order valence-corrected chi connectivity index (χ0v) is 13.7. The Morgan fingerprint density at radius 2 is 1.78 bits per heavy atom. The number of carbonyl (C=O) groups excluding carboxylic acids is 4. The molecular weight excluding hydrogens is 300 g/mol. The van der Waals surface area contributed by atoms with Crippen LogP contribution in [0.25, 0.3) is 0 Å². The van der Waals surface area contributed by atoms with Crippen LogP contribution in [0.15, 0.2) is 0 Å². The third kappa shape index (κ3) is 2.91. The van der Waals surface area contributed by atoms with Gasteiger partial charge in [-0.3, -0.25) is 19.3 Å². The van der Waals surface area contributed by atoms with Crippen LogP contribution in [0, 0.1) is 13.8 Å². The number of hydrogen-bond acceptors (Lipinski definition) is 5. The Bertz CT molecular complexity index is 673. The second kappa shape index (κ2) is 6.36. The fourth-order valence-corrected chi connectivity index (χ4v) is 2.86. The molecule has 1 aromatic rings. The monoisotopic (exact) mass is 320 g/mol. The van der Waals surface area contributed by atoms with E-state index in [4.69, 9.17) is 4.74 Å². The number of aromatic nitrogens is 1. The lowest BCUT2D eigenvalue weighted by Crippen LogP contribution is -2.42. The van der Waals surface area contributed by atoms with Crippen molar-refractivity contribution in [3.05, 3.63) is 22.5 Å². The molecule has 1 unspecified atom stereocenters. The summed E-state index contributed by atoms with van der Waals surface area (Å²) in [5.74, 6) is -1.59.